The first-order chi connectivity index (χ1) is 17.5. The van der Waals surface area contributed by atoms with Crippen molar-refractivity contribution < 1.29 is 25.3 Å². The van der Waals surface area contributed by atoms with Crippen LogP contribution in [0.2, 0.25) is 0 Å². The Hall–Kier alpha value is -2.26. The van der Waals surface area contributed by atoms with Crippen molar-refractivity contribution in [1.82, 2.24) is 15.3 Å². The third kappa shape index (κ3) is 7.44. The SMILES string of the molecule is CC.Cc1cc(N2C[C@H](Sc3ccc(F)cc3C(C)(F)F)C[C@H]2C)n(C2CCC2)n1.N#CC1(NO)CC1.O.[HH]. The molecule has 2 heterocycles. The number of nitrogens with zero attached hydrogens (tertiary/aromatic N) is 4. The van der Waals surface area contributed by atoms with Gasteiger partial charge in [0.05, 0.1) is 17.8 Å². The molecule has 7 nitrogen and oxygen atoms in total. The fourth-order valence-electron chi connectivity index (χ4n) is 4.50. The summed E-state index contributed by atoms with van der Waals surface area (Å²) >= 11 is 1.44. The lowest BCUT2D eigenvalue weighted by Crippen LogP contribution is -2.31. The number of nitriles is 1. The average molecular weight is 558 g/mol. The van der Waals surface area contributed by atoms with Gasteiger partial charge in [-0.25, -0.2) is 17.9 Å². The van der Waals surface area contributed by atoms with Crippen molar-refractivity contribution in [3.63, 3.8) is 0 Å². The Morgan fingerprint density at radius 2 is 1.92 bits per heavy atom. The summed E-state index contributed by atoms with van der Waals surface area (Å²) in [4.78, 5) is 2.82. The van der Waals surface area contributed by atoms with Gasteiger partial charge in [-0.3, -0.25) is 0 Å². The Bertz CT molecular complexity index is 1100. The highest BCUT2D eigenvalue weighted by Crippen LogP contribution is 2.42. The average Bonchev–Trinajstić information content (AvgIpc) is 3.41. The Kier molecular flexibility index (Phi) is 11.1. The molecular weight excluding hydrogens is 515 g/mol. The molecule has 1 aliphatic heterocycles. The molecule has 0 unspecified atom stereocenters. The molecule has 2 aliphatic carbocycles. The van der Waals surface area contributed by atoms with Gasteiger partial charge in [0, 0.05) is 42.7 Å². The molecule has 4 N–H and O–H groups in total. The summed E-state index contributed by atoms with van der Waals surface area (Å²) in [6.07, 6.45) is 6.03. The Morgan fingerprint density at radius 3 is 2.39 bits per heavy atom. The molecule has 5 rings (SSSR count). The van der Waals surface area contributed by atoms with Gasteiger partial charge in [0.15, 0.2) is 0 Å². The number of hydrogen-bond acceptors (Lipinski definition) is 6. The van der Waals surface area contributed by atoms with E-state index < -0.39 is 17.3 Å². The number of aryl methyl sites for hydroxylation is 1. The summed E-state index contributed by atoms with van der Waals surface area (Å²) in [7, 11) is 0. The van der Waals surface area contributed by atoms with Crippen LogP contribution in [-0.4, -0.2) is 43.8 Å². The Labute approximate surface area is 229 Å². The van der Waals surface area contributed by atoms with Gasteiger partial charge in [-0.15, -0.1) is 11.8 Å². The van der Waals surface area contributed by atoms with E-state index in [2.05, 4.69) is 22.6 Å². The molecule has 1 saturated heterocycles. The van der Waals surface area contributed by atoms with Gasteiger partial charge in [0.25, 0.3) is 5.92 Å². The summed E-state index contributed by atoms with van der Waals surface area (Å²) in [6, 6.07) is 8.57. The molecule has 11 heteroatoms. The quantitative estimate of drug-likeness (QED) is 0.398. The largest absolute Gasteiger partial charge is 0.412 e. The molecule has 0 amide bonds. The van der Waals surface area contributed by atoms with Crippen LogP contribution in [0.1, 0.15) is 84.9 Å². The molecule has 2 aromatic rings. The van der Waals surface area contributed by atoms with Crippen LogP contribution in [-0.2, 0) is 5.92 Å². The fourth-order valence-corrected chi connectivity index (χ4v) is 5.99. The van der Waals surface area contributed by atoms with Crippen LogP contribution in [0, 0.1) is 24.1 Å². The highest BCUT2D eigenvalue weighted by Gasteiger charge is 2.42. The van der Waals surface area contributed by atoms with E-state index in [1.165, 1.54) is 43.2 Å². The van der Waals surface area contributed by atoms with Crippen LogP contribution in [0.25, 0.3) is 0 Å². The van der Waals surface area contributed by atoms with E-state index in [1.54, 1.807) is 0 Å². The standard InChI is InChI=1S/C21H26F3N3S.C4H6N2O.C2H6.H2O.H2/c1-13-9-20(27(25-13)16-5-4-6-16)26-12-17(10-14(26)2)28-19-8-7-15(22)11-18(19)21(3,23)24;5-3-4(6-7)1-2-4;1-2;;/h7-9,11,14,16-17H,4-6,10,12H2,1-3H3;6-7H,1-2H2;1-2H3;1H2;1H/t14-,17-;;;;/m1..../s1. The molecular formula is C27H42F3N5O2S. The predicted octanol–water partition coefficient (Wildman–Crippen LogP) is 6.40. The summed E-state index contributed by atoms with van der Waals surface area (Å²) in [6.45, 7) is 9.79. The molecule has 1 aromatic carbocycles. The van der Waals surface area contributed by atoms with Crippen molar-refractivity contribution in [2.75, 3.05) is 11.4 Å². The maximum absolute atomic E-state index is 14.0. The van der Waals surface area contributed by atoms with Crippen molar-refractivity contribution in [3.05, 3.63) is 41.3 Å². The maximum Gasteiger partial charge on any atom is 0.271 e. The number of aromatic nitrogens is 2. The first-order valence-corrected chi connectivity index (χ1v) is 13.9. The highest BCUT2D eigenvalue weighted by atomic mass is 32.2. The third-order valence-corrected chi connectivity index (χ3v) is 8.26. The first kappa shape index (κ1) is 32.0. The molecule has 3 fully saturated rings. The minimum Gasteiger partial charge on any atom is -0.412 e. The van der Waals surface area contributed by atoms with E-state index in [0.29, 0.717) is 17.0 Å². The first-order valence-electron chi connectivity index (χ1n) is 13.0. The fraction of sp³-hybridized carbons (Fsp3) is 0.630. The molecule has 2 atom stereocenters. The number of thioether (sulfide) groups is 1. The van der Waals surface area contributed by atoms with Gasteiger partial charge in [0.1, 0.15) is 17.2 Å². The second-order valence-corrected chi connectivity index (χ2v) is 11.3. The highest BCUT2D eigenvalue weighted by molar-refractivity contribution is 8.00. The van der Waals surface area contributed by atoms with Crippen molar-refractivity contribution in [2.24, 2.45) is 0 Å². The number of anilines is 1. The van der Waals surface area contributed by atoms with E-state index in [-0.39, 0.29) is 17.7 Å². The molecule has 0 radical (unpaired) electrons. The van der Waals surface area contributed by atoms with Gasteiger partial charge in [-0.05, 0) is 70.6 Å². The van der Waals surface area contributed by atoms with Crippen LogP contribution in [0.5, 0.6) is 0 Å². The van der Waals surface area contributed by atoms with Crippen molar-refractivity contribution >= 4 is 17.6 Å². The number of hydrogen-bond donors (Lipinski definition) is 2. The normalized spacial score (nSPS) is 21.6. The van der Waals surface area contributed by atoms with E-state index in [0.717, 1.165) is 50.3 Å². The van der Waals surface area contributed by atoms with Gasteiger partial charge in [-0.1, -0.05) is 13.8 Å². The van der Waals surface area contributed by atoms with E-state index >= 15 is 0 Å². The second kappa shape index (κ2) is 13.2. The number of halogens is 3. The maximum atomic E-state index is 14.0. The minimum absolute atomic E-state index is 0. The summed E-state index contributed by atoms with van der Waals surface area (Å²) < 4.78 is 43.6. The molecule has 1 aromatic heterocycles. The number of alkyl halides is 2. The Morgan fingerprint density at radius 1 is 1.26 bits per heavy atom. The zero-order chi connectivity index (χ0) is 27.4. The van der Waals surface area contributed by atoms with Crippen LogP contribution < -0.4 is 10.4 Å². The Balaban J connectivity index is 0.000000597. The zero-order valence-electron chi connectivity index (χ0n) is 22.8. The van der Waals surface area contributed by atoms with Gasteiger partial charge in [0.2, 0.25) is 0 Å². The van der Waals surface area contributed by atoms with Gasteiger partial charge >= 0.3 is 0 Å². The smallest absolute Gasteiger partial charge is 0.271 e. The zero-order valence-corrected chi connectivity index (χ0v) is 23.6. The minimum atomic E-state index is -3.06. The van der Waals surface area contributed by atoms with E-state index in [4.69, 9.17) is 15.6 Å². The monoisotopic (exact) mass is 557 g/mol. The lowest BCUT2D eigenvalue weighted by molar-refractivity contribution is 0.0143. The van der Waals surface area contributed by atoms with Crippen LogP contribution >= 0.6 is 11.8 Å². The number of hydroxylamine groups is 1. The molecule has 214 valence electrons. The van der Waals surface area contributed by atoms with E-state index in [1.807, 2.05) is 32.3 Å². The van der Waals surface area contributed by atoms with Crippen molar-refractivity contribution in [2.45, 2.75) is 107 Å². The molecule has 0 spiro atoms. The van der Waals surface area contributed by atoms with Crippen LogP contribution in [0.3, 0.4) is 0 Å². The number of nitrogens with one attached hydrogen (secondary N) is 1. The molecule has 0 bridgehead atoms. The van der Waals surface area contributed by atoms with Gasteiger partial charge < -0.3 is 15.6 Å². The second-order valence-electron chi connectivity index (χ2n) is 9.98. The predicted molar refractivity (Wildman–Crippen MR) is 146 cm³/mol. The molecule has 3 aliphatic rings. The van der Waals surface area contributed by atoms with Crippen molar-refractivity contribution in [1.29, 1.82) is 5.26 Å². The van der Waals surface area contributed by atoms with Crippen molar-refractivity contribution in [3.8, 4) is 6.07 Å². The topological polar surface area (TPSA) is 109 Å². The summed E-state index contributed by atoms with van der Waals surface area (Å²) in [5, 5.41) is 21.2. The number of benzene rings is 1. The lowest BCUT2D eigenvalue weighted by atomic mass is 9.93. The lowest BCUT2D eigenvalue weighted by Gasteiger charge is -2.32. The number of rotatable bonds is 6. The summed E-state index contributed by atoms with van der Waals surface area (Å²) in [5.41, 5.74) is 2.17. The molecule has 2 saturated carbocycles. The molecule has 38 heavy (non-hydrogen) atoms. The summed E-state index contributed by atoms with van der Waals surface area (Å²) in [5.74, 6) is -2.55. The third-order valence-electron chi connectivity index (χ3n) is 6.98. The van der Waals surface area contributed by atoms with E-state index in [9.17, 15) is 13.2 Å². The van der Waals surface area contributed by atoms with Gasteiger partial charge in [-0.2, -0.15) is 15.8 Å². The van der Waals surface area contributed by atoms with Crippen LogP contribution in [0.15, 0.2) is 29.2 Å². The van der Waals surface area contributed by atoms with Crippen LogP contribution in [0.4, 0.5) is 19.0 Å².